The number of allylic oxidation sites excluding steroid dienone is 1. The van der Waals surface area contributed by atoms with Gasteiger partial charge in [-0.05, 0) is 25.0 Å². The van der Waals surface area contributed by atoms with Crippen LogP contribution in [0.2, 0.25) is 0 Å². The van der Waals surface area contributed by atoms with Crippen LogP contribution in [0.1, 0.15) is 20.8 Å². The first kappa shape index (κ1) is 12.2. The number of nitrogens with one attached hydrogen (secondary N) is 2. The Morgan fingerprint density at radius 2 is 2.19 bits per heavy atom. The summed E-state index contributed by atoms with van der Waals surface area (Å²) < 4.78 is 0. The maximum Gasteiger partial charge on any atom is 0.324 e. The third-order valence-electron chi connectivity index (χ3n) is 2.25. The minimum atomic E-state index is -0.279. The molecule has 86 valence electrons. The van der Waals surface area contributed by atoms with Crippen molar-refractivity contribution in [3.8, 4) is 0 Å². The van der Waals surface area contributed by atoms with Gasteiger partial charge in [0.05, 0.1) is 0 Å². The zero-order valence-electron chi connectivity index (χ0n) is 9.82. The molecule has 1 rings (SSSR count). The van der Waals surface area contributed by atoms with Gasteiger partial charge in [-0.1, -0.05) is 25.5 Å². The van der Waals surface area contributed by atoms with Gasteiger partial charge >= 0.3 is 6.03 Å². The van der Waals surface area contributed by atoms with Crippen LogP contribution in [0.25, 0.3) is 0 Å². The van der Waals surface area contributed by atoms with E-state index in [2.05, 4.69) is 29.5 Å². The van der Waals surface area contributed by atoms with Gasteiger partial charge in [-0.25, -0.2) is 9.78 Å². The molecule has 0 aromatic carbocycles. The van der Waals surface area contributed by atoms with E-state index in [9.17, 15) is 4.79 Å². The van der Waals surface area contributed by atoms with Crippen LogP contribution in [0, 0.1) is 5.92 Å². The van der Waals surface area contributed by atoms with E-state index in [4.69, 9.17) is 0 Å². The number of anilines is 1. The molecular weight excluding hydrogens is 202 g/mol. The fourth-order valence-electron chi connectivity index (χ4n) is 0.935. The fourth-order valence-corrected chi connectivity index (χ4v) is 0.935. The van der Waals surface area contributed by atoms with Crippen molar-refractivity contribution in [1.29, 1.82) is 0 Å². The van der Waals surface area contributed by atoms with Gasteiger partial charge in [-0.3, -0.25) is 5.32 Å². The number of aromatic nitrogens is 1. The standard InChI is InChI=1S/C12H17N3O/c1-9(2)10(3)8-14-12(16)15-11-6-4-5-7-13-11/h4-9H,1-3H3,(H2,13,14,15,16)/b10-8+. The van der Waals surface area contributed by atoms with Crippen LogP contribution in [0.5, 0.6) is 0 Å². The van der Waals surface area contributed by atoms with E-state index in [-0.39, 0.29) is 6.03 Å². The van der Waals surface area contributed by atoms with Gasteiger partial charge in [0, 0.05) is 12.4 Å². The molecule has 0 aliphatic heterocycles. The van der Waals surface area contributed by atoms with Gasteiger partial charge in [0.15, 0.2) is 0 Å². The maximum atomic E-state index is 11.4. The molecule has 16 heavy (non-hydrogen) atoms. The topological polar surface area (TPSA) is 54.0 Å². The van der Waals surface area contributed by atoms with Crippen LogP contribution in [-0.4, -0.2) is 11.0 Å². The van der Waals surface area contributed by atoms with Crippen molar-refractivity contribution in [2.75, 3.05) is 5.32 Å². The van der Waals surface area contributed by atoms with Crippen molar-refractivity contribution < 1.29 is 4.79 Å². The quantitative estimate of drug-likeness (QED) is 0.821. The summed E-state index contributed by atoms with van der Waals surface area (Å²) in [5, 5.41) is 5.29. The predicted molar refractivity (Wildman–Crippen MR) is 65.0 cm³/mol. The van der Waals surface area contributed by atoms with E-state index < -0.39 is 0 Å². The Hall–Kier alpha value is -1.84. The zero-order chi connectivity index (χ0) is 12.0. The van der Waals surface area contributed by atoms with Crippen LogP contribution in [0.15, 0.2) is 36.2 Å². The summed E-state index contributed by atoms with van der Waals surface area (Å²) in [6, 6.07) is 5.07. The number of rotatable bonds is 3. The number of nitrogens with zero attached hydrogens (tertiary/aromatic N) is 1. The van der Waals surface area contributed by atoms with Crippen molar-refractivity contribution in [2.24, 2.45) is 5.92 Å². The van der Waals surface area contributed by atoms with Crippen molar-refractivity contribution in [2.45, 2.75) is 20.8 Å². The van der Waals surface area contributed by atoms with Gasteiger partial charge in [-0.2, -0.15) is 0 Å². The minimum Gasteiger partial charge on any atom is -0.314 e. The lowest BCUT2D eigenvalue weighted by Gasteiger charge is -2.06. The second kappa shape index (κ2) is 5.90. The second-order valence-electron chi connectivity index (χ2n) is 3.86. The molecule has 4 nitrogen and oxygen atoms in total. The Morgan fingerprint density at radius 3 is 2.75 bits per heavy atom. The molecule has 0 saturated heterocycles. The number of hydrogen-bond acceptors (Lipinski definition) is 2. The van der Waals surface area contributed by atoms with Crippen molar-refractivity contribution in [3.63, 3.8) is 0 Å². The molecule has 0 bridgehead atoms. The Labute approximate surface area is 95.8 Å². The number of carbonyl (C=O) groups is 1. The molecule has 0 aliphatic carbocycles. The van der Waals surface area contributed by atoms with E-state index in [0.717, 1.165) is 5.57 Å². The summed E-state index contributed by atoms with van der Waals surface area (Å²) in [7, 11) is 0. The van der Waals surface area contributed by atoms with Crippen LogP contribution in [0.4, 0.5) is 10.6 Å². The van der Waals surface area contributed by atoms with Crippen LogP contribution in [0.3, 0.4) is 0 Å². The van der Waals surface area contributed by atoms with E-state index in [1.807, 2.05) is 13.0 Å². The molecule has 1 aromatic heterocycles. The summed E-state index contributed by atoms with van der Waals surface area (Å²) in [5.74, 6) is 0.964. The molecule has 2 amide bonds. The normalized spacial score (nSPS) is 11.4. The maximum absolute atomic E-state index is 11.4. The molecule has 0 fully saturated rings. The Morgan fingerprint density at radius 1 is 1.44 bits per heavy atom. The van der Waals surface area contributed by atoms with E-state index >= 15 is 0 Å². The molecule has 0 spiro atoms. The number of pyridine rings is 1. The highest BCUT2D eigenvalue weighted by Crippen LogP contribution is 2.06. The molecule has 2 N–H and O–H groups in total. The first-order chi connectivity index (χ1) is 7.59. The van der Waals surface area contributed by atoms with Gasteiger partial charge in [0.2, 0.25) is 0 Å². The number of urea groups is 1. The first-order valence-electron chi connectivity index (χ1n) is 5.25. The van der Waals surface area contributed by atoms with E-state index in [1.165, 1.54) is 0 Å². The highest BCUT2D eigenvalue weighted by Gasteiger charge is 2.00. The SMILES string of the molecule is C/C(=C\NC(=O)Nc1ccccn1)C(C)C. The van der Waals surface area contributed by atoms with Gasteiger partial charge in [0.1, 0.15) is 5.82 Å². The van der Waals surface area contributed by atoms with E-state index in [0.29, 0.717) is 11.7 Å². The summed E-state index contributed by atoms with van der Waals surface area (Å²) in [4.78, 5) is 15.4. The highest BCUT2D eigenvalue weighted by atomic mass is 16.2. The van der Waals surface area contributed by atoms with Crippen molar-refractivity contribution in [3.05, 3.63) is 36.2 Å². The van der Waals surface area contributed by atoms with Gasteiger partial charge in [-0.15, -0.1) is 0 Å². The summed E-state index contributed by atoms with van der Waals surface area (Å²) >= 11 is 0. The Kier molecular flexibility index (Phi) is 4.51. The first-order valence-corrected chi connectivity index (χ1v) is 5.25. The molecule has 0 atom stereocenters. The van der Waals surface area contributed by atoms with E-state index in [1.54, 1.807) is 24.5 Å². The molecular formula is C12H17N3O. The zero-order valence-corrected chi connectivity index (χ0v) is 9.82. The third-order valence-corrected chi connectivity index (χ3v) is 2.25. The second-order valence-corrected chi connectivity index (χ2v) is 3.86. The lowest BCUT2D eigenvalue weighted by Crippen LogP contribution is -2.25. The lowest BCUT2D eigenvalue weighted by atomic mass is 10.1. The summed E-state index contributed by atoms with van der Waals surface area (Å²) in [6.45, 7) is 6.13. The molecule has 0 radical (unpaired) electrons. The largest absolute Gasteiger partial charge is 0.324 e. The Bertz CT molecular complexity index is 371. The molecule has 1 aromatic rings. The van der Waals surface area contributed by atoms with Crippen molar-refractivity contribution in [1.82, 2.24) is 10.3 Å². The number of hydrogen-bond donors (Lipinski definition) is 2. The monoisotopic (exact) mass is 219 g/mol. The fraction of sp³-hybridized carbons (Fsp3) is 0.333. The van der Waals surface area contributed by atoms with Gasteiger partial charge < -0.3 is 5.32 Å². The lowest BCUT2D eigenvalue weighted by molar-refractivity contribution is 0.255. The third kappa shape index (κ3) is 4.13. The number of carbonyl (C=O) groups excluding carboxylic acids is 1. The summed E-state index contributed by atoms with van der Waals surface area (Å²) in [5.41, 5.74) is 1.12. The average molecular weight is 219 g/mol. The predicted octanol–water partition coefficient (Wildman–Crippen LogP) is 2.76. The molecule has 0 unspecified atom stereocenters. The van der Waals surface area contributed by atoms with Crippen LogP contribution >= 0.6 is 0 Å². The van der Waals surface area contributed by atoms with Crippen LogP contribution < -0.4 is 10.6 Å². The average Bonchev–Trinajstić information content (AvgIpc) is 2.27. The highest BCUT2D eigenvalue weighted by molar-refractivity contribution is 5.88. The smallest absolute Gasteiger partial charge is 0.314 e. The summed E-state index contributed by atoms with van der Waals surface area (Å²) in [6.07, 6.45) is 3.34. The molecule has 0 saturated carbocycles. The molecule has 0 aliphatic rings. The van der Waals surface area contributed by atoms with Crippen molar-refractivity contribution >= 4 is 11.8 Å². The van der Waals surface area contributed by atoms with Gasteiger partial charge in [0.25, 0.3) is 0 Å². The minimum absolute atomic E-state index is 0.279. The molecule has 4 heteroatoms. The Balaban J connectivity index is 2.46. The van der Waals surface area contributed by atoms with Crippen LogP contribution in [-0.2, 0) is 0 Å². The molecule has 1 heterocycles. The number of amides is 2.